The lowest BCUT2D eigenvalue weighted by Crippen LogP contribution is -2.49. The molecule has 0 aromatic heterocycles. The van der Waals surface area contributed by atoms with Gasteiger partial charge in [-0.25, -0.2) is 0 Å². The summed E-state index contributed by atoms with van der Waals surface area (Å²) in [5, 5.41) is 3.44. The summed E-state index contributed by atoms with van der Waals surface area (Å²) >= 11 is 0. The van der Waals surface area contributed by atoms with Gasteiger partial charge in [-0.2, -0.15) is 0 Å². The molecule has 17 heavy (non-hydrogen) atoms. The number of ether oxygens (including phenoxy) is 1. The molecule has 0 spiro atoms. The van der Waals surface area contributed by atoms with E-state index in [9.17, 15) is 0 Å². The maximum absolute atomic E-state index is 5.13. The third kappa shape index (κ3) is 4.54. The summed E-state index contributed by atoms with van der Waals surface area (Å²) in [5.74, 6) is 0.932. The highest BCUT2D eigenvalue weighted by atomic mass is 16.5. The molecule has 0 bridgehead atoms. The van der Waals surface area contributed by atoms with E-state index in [1.165, 1.54) is 58.7 Å². The summed E-state index contributed by atoms with van der Waals surface area (Å²) in [5.41, 5.74) is 0. The maximum Gasteiger partial charge on any atom is 0.0589 e. The molecule has 100 valence electrons. The number of nitrogens with one attached hydrogen (secondary N) is 1. The molecule has 2 aliphatic heterocycles. The Labute approximate surface area is 105 Å². The molecule has 4 nitrogen and oxygen atoms in total. The second-order valence-corrected chi connectivity index (χ2v) is 5.33. The van der Waals surface area contributed by atoms with Gasteiger partial charge in [0.2, 0.25) is 0 Å². The van der Waals surface area contributed by atoms with Gasteiger partial charge in [-0.05, 0) is 31.8 Å². The van der Waals surface area contributed by atoms with Gasteiger partial charge in [0.25, 0.3) is 0 Å². The first-order valence-electron chi connectivity index (χ1n) is 7.03. The SMILES string of the molecule is COCCN1CCN(CC2CCNCC2)CC1. The lowest BCUT2D eigenvalue weighted by atomic mass is 9.97. The van der Waals surface area contributed by atoms with E-state index in [0.29, 0.717) is 0 Å². The van der Waals surface area contributed by atoms with E-state index in [0.717, 1.165) is 19.1 Å². The van der Waals surface area contributed by atoms with Gasteiger partial charge in [-0.1, -0.05) is 0 Å². The first-order valence-corrected chi connectivity index (χ1v) is 7.03. The smallest absolute Gasteiger partial charge is 0.0589 e. The van der Waals surface area contributed by atoms with Gasteiger partial charge >= 0.3 is 0 Å². The van der Waals surface area contributed by atoms with E-state index >= 15 is 0 Å². The molecule has 0 saturated carbocycles. The Morgan fingerprint density at radius 2 is 1.71 bits per heavy atom. The van der Waals surface area contributed by atoms with Gasteiger partial charge < -0.3 is 15.0 Å². The molecule has 1 N–H and O–H groups in total. The van der Waals surface area contributed by atoms with Crippen LogP contribution in [0.25, 0.3) is 0 Å². The fraction of sp³-hybridized carbons (Fsp3) is 1.00. The quantitative estimate of drug-likeness (QED) is 0.747. The van der Waals surface area contributed by atoms with E-state index in [2.05, 4.69) is 15.1 Å². The van der Waals surface area contributed by atoms with Crippen molar-refractivity contribution in [3.63, 3.8) is 0 Å². The summed E-state index contributed by atoms with van der Waals surface area (Å²) in [6.07, 6.45) is 2.73. The maximum atomic E-state index is 5.13. The Hall–Kier alpha value is -0.160. The lowest BCUT2D eigenvalue weighted by molar-refractivity contribution is 0.0856. The van der Waals surface area contributed by atoms with E-state index in [4.69, 9.17) is 4.74 Å². The van der Waals surface area contributed by atoms with Crippen LogP contribution >= 0.6 is 0 Å². The van der Waals surface area contributed by atoms with Gasteiger partial charge in [0, 0.05) is 46.4 Å². The van der Waals surface area contributed by atoms with Crippen molar-refractivity contribution in [2.45, 2.75) is 12.8 Å². The standard InChI is InChI=1S/C13H27N3O/c1-17-11-10-15-6-8-16(9-7-15)12-13-2-4-14-5-3-13/h13-14H,2-12H2,1H3. The topological polar surface area (TPSA) is 27.7 Å². The molecule has 0 aliphatic carbocycles. The number of piperidine rings is 1. The van der Waals surface area contributed by atoms with Gasteiger partial charge in [0.15, 0.2) is 0 Å². The molecule has 4 heteroatoms. The first-order chi connectivity index (χ1) is 8.38. The third-order valence-corrected chi connectivity index (χ3v) is 4.05. The molecule has 0 atom stereocenters. The van der Waals surface area contributed by atoms with E-state index in [1.807, 2.05) is 0 Å². The van der Waals surface area contributed by atoms with Crippen molar-refractivity contribution in [3.8, 4) is 0 Å². The summed E-state index contributed by atoms with van der Waals surface area (Å²) in [6, 6.07) is 0. The average Bonchev–Trinajstić information content (AvgIpc) is 2.39. The molecule has 2 saturated heterocycles. The molecular weight excluding hydrogens is 214 g/mol. The highest BCUT2D eigenvalue weighted by molar-refractivity contribution is 4.77. The van der Waals surface area contributed by atoms with Crippen LogP contribution in [0, 0.1) is 5.92 Å². The van der Waals surface area contributed by atoms with Crippen LogP contribution in [0.4, 0.5) is 0 Å². The van der Waals surface area contributed by atoms with Gasteiger partial charge in [-0.15, -0.1) is 0 Å². The van der Waals surface area contributed by atoms with Crippen LogP contribution in [0.3, 0.4) is 0 Å². The third-order valence-electron chi connectivity index (χ3n) is 4.05. The van der Waals surface area contributed by atoms with Gasteiger partial charge in [0.05, 0.1) is 6.61 Å². The van der Waals surface area contributed by atoms with Crippen LogP contribution in [0.1, 0.15) is 12.8 Å². The van der Waals surface area contributed by atoms with Crippen molar-refractivity contribution in [2.24, 2.45) is 5.92 Å². The zero-order valence-electron chi connectivity index (χ0n) is 11.2. The van der Waals surface area contributed by atoms with Gasteiger partial charge in [0.1, 0.15) is 0 Å². The van der Waals surface area contributed by atoms with E-state index in [1.54, 1.807) is 7.11 Å². The number of hydrogen-bond donors (Lipinski definition) is 1. The zero-order valence-corrected chi connectivity index (χ0v) is 11.2. The zero-order chi connectivity index (χ0) is 11.9. The number of hydrogen-bond acceptors (Lipinski definition) is 4. The predicted molar refractivity (Wildman–Crippen MR) is 70.3 cm³/mol. The average molecular weight is 241 g/mol. The Kier molecular flexibility index (Phi) is 5.71. The summed E-state index contributed by atoms with van der Waals surface area (Å²) in [6.45, 7) is 10.6. The van der Waals surface area contributed by atoms with E-state index < -0.39 is 0 Å². The van der Waals surface area contributed by atoms with Gasteiger partial charge in [-0.3, -0.25) is 4.90 Å². The normalized spacial score (nSPS) is 25.2. The van der Waals surface area contributed by atoms with Crippen LogP contribution in [0.5, 0.6) is 0 Å². The predicted octanol–water partition coefficient (Wildman–Crippen LogP) is 0.250. The van der Waals surface area contributed by atoms with Crippen LogP contribution in [-0.4, -0.2) is 75.9 Å². The summed E-state index contributed by atoms with van der Waals surface area (Å²) in [4.78, 5) is 5.17. The number of methoxy groups -OCH3 is 1. The molecule has 2 heterocycles. The monoisotopic (exact) mass is 241 g/mol. The van der Waals surface area contributed by atoms with Crippen LogP contribution in [0.2, 0.25) is 0 Å². The number of piperazine rings is 1. The molecule has 2 rings (SSSR count). The fourth-order valence-corrected chi connectivity index (χ4v) is 2.85. The summed E-state index contributed by atoms with van der Waals surface area (Å²) < 4.78 is 5.13. The highest BCUT2D eigenvalue weighted by Crippen LogP contribution is 2.14. The van der Waals surface area contributed by atoms with Crippen LogP contribution in [0.15, 0.2) is 0 Å². The second kappa shape index (κ2) is 7.31. The van der Waals surface area contributed by atoms with Crippen molar-refractivity contribution in [3.05, 3.63) is 0 Å². The largest absolute Gasteiger partial charge is 0.383 e. The molecule has 0 radical (unpaired) electrons. The molecule has 2 aliphatic rings. The minimum absolute atomic E-state index is 0.869. The molecule has 0 aromatic carbocycles. The van der Waals surface area contributed by atoms with Crippen molar-refractivity contribution < 1.29 is 4.74 Å². The fourth-order valence-electron chi connectivity index (χ4n) is 2.85. The van der Waals surface area contributed by atoms with Crippen molar-refractivity contribution in [1.82, 2.24) is 15.1 Å². The van der Waals surface area contributed by atoms with Crippen molar-refractivity contribution >= 4 is 0 Å². The Morgan fingerprint density at radius 3 is 2.35 bits per heavy atom. The number of nitrogens with zero attached hydrogens (tertiary/aromatic N) is 2. The van der Waals surface area contributed by atoms with E-state index in [-0.39, 0.29) is 0 Å². The molecule has 0 aromatic rings. The minimum Gasteiger partial charge on any atom is -0.383 e. The number of rotatable bonds is 5. The highest BCUT2D eigenvalue weighted by Gasteiger charge is 2.20. The molecule has 0 amide bonds. The molecule has 0 unspecified atom stereocenters. The molecule has 2 fully saturated rings. The Bertz CT molecular complexity index is 199. The Morgan fingerprint density at radius 1 is 1.06 bits per heavy atom. The van der Waals surface area contributed by atoms with Crippen molar-refractivity contribution in [2.75, 3.05) is 66.1 Å². The van der Waals surface area contributed by atoms with Crippen LogP contribution in [-0.2, 0) is 4.74 Å². The Balaban J connectivity index is 1.61. The second-order valence-electron chi connectivity index (χ2n) is 5.33. The van der Waals surface area contributed by atoms with Crippen molar-refractivity contribution in [1.29, 1.82) is 0 Å². The lowest BCUT2D eigenvalue weighted by Gasteiger charge is -2.37. The van der Waals surface area contributed by atoms with Crippen LogP contribution < -0.4 is 5.32 Å². The first kappa shape index (κ1) is 13.3. The minimum atomic E-state index is 0.869. The summed E-state index contributed by atoms with van der Waals surface area (Å²) in [7, 11) is 1.79. The molecular formula is C13H27N3O.